The molecule has 0 aliphatic carbocycles. The monoisotopic (exact) mass is 449 g/mol. The number of carboxylic acid groups (broad SMARTS) is 1. The minimum atomic E-state index is -4.06. The highest BCUT2D eigenvalue weighted by molar-refractivity contribution is 7.89. The topological polar surface area (TPSA) is 186 Å². The van der Waals surface area contributed by atoms with E-state index in [1.807, 2.05) is 0 Å². The van der Waals surface area contributed by atoms with Crippen LogP contribution in [0.2, 0.25) is 0 Å². The Kier molecular flexibility index (Phi) is 8.34. The van der Waals surface area contributed by atoms with Gasteiger partial charge in [-0.3, -0.25) is 14.6 Å². The Hall–Kier alpha value is -3.64. The summed E-state index contributed by atoms with van der Waals surface area (Å²) in [6.45, 7) is 0.0718. The number of nitrogens with one attached hydrogen (secondary N) is 2. The van der Waals surface area contributed by atoms with Gasteiger partial charge < -0.3 is 26.6 Å². The van der Waals surface area contributed by atoms with Crippen LogP contribution in [0.5, 0.6) is 5.75 Å². The molecule has 1 atom stereocenters. The zero-order chi connectivity index (χ0) is 22.9. The van der Waals surface area contributed by atoms with Crippen molar-refractivity contribution in [3.63, 3.8) is 0 Å². The summed E-state index contributed by atoms with van der Waals surface area (Å²) >= 11 is 0. The molecule has 0 saturated heterocycles. The average Bonchev–Trinajstić information content (AvgIpc) is 2.74. The number of ether oxygens (including phenoxy) is 1. The number of carbonyl (C=O) groups is 2. The van der Waals surface area contributed by atoms with Gasteiger partial charge in [0.2, 0.25) is 10.0 Å². The van der Waals surface area contributed by atoms with Gasteiger partial charge in [0.1, 0.15) is 18.4 Å². The molecule has 31 heavy (non-hydrogen) atoms. The molecule has 0 aromatic heterocycles. The number of guanidine groups is 1. The number of aliphatic carboxylic acids is 1. The number of amides is 1. The van der Waals surface area contributed by atoms with Crippen molar-refractivity contribution in [2.75, 3.05) is 19.7 Å². The molecule has 2 rings (SSSR count). The van der Waals surface area contributed by atoms with Crippen LogP contribution in [0.1, 0.15) is 10.4 Å². The van der Waals surface area contributed by atoms with Crippen LogP contribution in [0.3, 0.4) is 0 Å². The summed E-state index contributed by atoms with van der Waals surface area (Å²) in [6, 6.07) is 11.8. The highest BCUT2D eigenvalue weighted by Gasteiger charge is 2.25. The smallest absolute Gasteiger partial charge is 0.323 e. The summed E-state index contributed by atoms with van der Waals surface area (Å²) in [6.07, 6.45) is 0. The van der Waals surface area contributed by atoms with Gasteiger partial charge in [-0.2, -0.15) is 4.72 Å². The quantitative estimate of drug-likeness (QED) is 0.172. The van der Waals surface area contributed by atoms with Crippen molar-refractivity contribution in [2.24, 2.45) is 16.5 Å². The number of rotatable bonds is 11. The minimum Gasteiger partial charge on any atom is -0.492 e. The van der Waals surface area contributed by atoms with E-state index in [4.69, 9.17) is 16.2 Å². The Labute approximate surface area is 179 Å². The number of benzene rings is 2. The van der Waals surface area contributed by atoms with Crippen LogP contribution in [0.25, 0.3) is 0 Å². The molecule has 0 saturated carbocycles. The van der Waals surface area contributed by atoms with Crippen LogP contribution in [0.4, 0.5) is 0 Å². The van der Waals surface area contributed by atoms with Crippen LogP contribution in [-0.4, -0.2) is 57.1 Å². The largest absolute Gasteiger partial charge is 0.492 e. The van der Waals surface area contributed by atoms with E-state index in [9.17, 15) is 23.1 Å². The lowest BCUT2D eigenvalue weighted by Gasteiger charge is -2.16. The molecular formula is C19H23N5O6S. The Bertz CT molecular complexity index is 1020. The summed E-state index contributed by atoms with van der Waals surface area (Å²) in [5.41, 5.74) is 10.7. The first-order valence-corrected chi connectivity index (χ1v) is 10.5. The van der Waals surface area contributed by atoms with Crippen molar-refractivity contribution in [3.05, 3.63) is 60.2 Å². The van der Waals surface area contributed by atoms with Gasteiger partial charge in [-0.1, -0.05) is 18.2 Å². The van der Waals surface area contributed by atoms with Crippen molar-refractivity contribution in [1.29, 1.82) is 0 Å². The summed E-state index contributed by atoms with van der Waals surface area (Å²) in [7, 11) is -4.06. The SMILES string of the molecule is NC(N)=NCCOc1ccc(C(=O)NC[C@H](NS(=O)(=O)c2ccccc2)C(=O)O)cc1. The number of aliphatic imine (C=N–C) groups is 1. The highest BCUT2D eigenvalue weighted by Crippen LogP contribution is 2.12. The molecular weight excluding hydrogens is 426 g/mol. The maximum atomic E-state index is 12.3. The van der Waals surface area contributed by atoms with Crippen molar-refractivity contribution in [2.45, 2.75) is 10.9 Å². The van der Waals surface area contributed by atoms with Crippen LogP contribution < -0.4 is 26.2 Å². The Morgan fingerprint density at radius 3 is 2.29 bits per heavy atom. The first-order chi connectivity index (χ1) is 14.7. The number of sulfonamides is 1. The van der Waals surface area contributed by atoms with Gasteiger partial charge in [0.15, 0.2) is 5.96 Å². The van der Waals surface area contributed by atoms with Gasteiger partial charge in [-0.25, -0.2) is 8.42 Å². The zero-order valence-electron chi connectivity index (χ0n) is 16.4. The van der Waals surface area contributed by atoms with Crippen LogP contribution in [0.15, 0.2) is 64.5 Å². The molecule has 166 valence electrons. The fraction of sp³-hybridized carbons (Fsp3) is 0.211. The molecule has 12 heteroatoms. The van der Waals surface area contributed by atoms with Crippen molar-refractivity contribution in [1.82, 2.24) is 10.0 Å². The molecule has 2 aromatic rings. The summed E-state index contributed by atoms with van der Waals surface area (Å²) in [4.78, 5) is 27.4. The molecule has 0 bridgehead atoms. The molecule has 0 spiro atoms. The lowest BCUT2D eigenvalue weighted by molar-refractivity contribution is -0.138. The van der Waals surface area contributed by atoms with Crippen LogP contribution >= 0.6 is 0 Å². The molecule has 0 radical (unpaired) electrons. The van der Waals surface area contributed by atoms with Gasteiger partial charge in [0.25, 0.3) is 5.91 Å². The Balaban J connectivity index is 1.93. The number of hydrogen-bond donors (Lipinski definition) is 5. The summed E-state index contributed by atoms with van der Waals surface area (Å²) < 4.78 is 32.1. The third-order valence-electron chi connectivity index (χ3n) is 3.89. The second-order valence-corrected chi connectivity index (χ2v) is 7.93. The number of carboxylic acids is 1. The zero-order valence-corrected chi connectivity index (χ0v) is 17.2. The molecule has 7 N–H and O–H groups in total. The van der Waals surface area contributed by atoms with E-state index in [1.54, 1.807) is 18.2 Å². The van der Waals surface area contributed by atoms with E-state index in [0.29, 0.717) is 5.75 Å². The van der Waals surface area contributed by atoms with Gasteiger partial charge in [-0.15, -0.1) is 0 Å². The van der Waals surface area contributed by atoms with Crippen LogP contribution in [-0.2, 0) is 14.8 Å². The molecule has 0 aliphatic rings. The van der Waals surface area contributed by atoms with Crippen LogP contribution in [0, 0.1) is 0 Å². The highest BCUT2D eigenvalue weighted by atomic mass is 32.2. The second kappa shape index (κ2) is 10.9. The second-order valence-electron chi connectivity index (χ2n) is 6.21. The third-order valence-corrected chi connectivity index (χ3v) is 5.37. The standard InChI is InChI=1S/C19H23N5O6S/c20-19(21)22-10-11-30-14-8-6-13(7-9-14)17(25)23-12-16(18(26)27)24-31(28,29)15-4-2-1-3-5-15/h1-9,16,24H,10-12H2,(H,23,25)(H,26,27)(H4,20,21,22)/t16-/m0/s1. The fourth-order valence-corrected chi connectivity index (χ4v) is 3.58. The number of carbonyl (C=O) groups excluding carboxylic acids is 1. The molecule has 0 unspecified atom stereocenters. The molecule has 2 aromatic carbocycles. The van der Waals surface area contributed by atoms with E-state index in [0.717, 1.165) is 0 Å². The van der Waals surface area contributed by atoms with Crippen molar-refractivity contribution < 1.29 is 27.9 Å². The van der Waals surface area contributed by atoms with Crippen molar-refractivity contribution >= 4 is 27.9 Å². The average molecular weight is 449 g/mol. The van der Waals surface area contributed by atoms with Gasteiger partial charge in [-0.05, 0) is 36.4 Å². The Morgan fingerprint density at radius 2 is 1.71 bits per heavy atom. The van der Waals surface area contributed by atoms with Crippen molar-refractivity contribution in [3.8, 4) is 5.75 Å². The minimum absolute atomic E-state index is 0.0404. The van der Waals surface area contributed by atoms with Gasteiger partial charge in [0, 0.05) is 12.1 Å². The lowest BCUT2D eigenvalue weighted by atomic mass is 10.2. The summed E-state index contributed by atoms with van der Waals surface area (Å²) in [5.74, 6) is -1.55. The Morgan fingerprint density at radius 1 is 1.06 bits per heavy atom. The maximum absolute atomic E-state index is 12.3. The molecule has 0 heterocycles. The fourth-order valence-electron chi connectivity index (χ4n) is 2.37. The number of hydrogen-bond acceptors (Lipinski definition) is 6. The lowest BCUT2D eigenvalue weighted by Crippen LogP contribution is -2.48. The van der Waals surface area contributed by atoms with E-state index in [2.05, 4.69) is 15.0 Å². The van der Waals surface area contributed by atoms with E-state index >= 15 is 0 Å². The van der Waals surface area contributed by atoms with Gasteiger partial charge >= 0.3 is 5.97 Å². The van der Waals surface area contributed by atoms with E-state index < -0.39 is 34.5 Å². The predicted octanol–water partition coefficient (Wildman–Crippen LogP) is -0.500. The molecule has 0 fully saturated rings. The summed E-state index contributed by atoms with van der Waals surface area (Å²) in [5, 5.41) is 11.7. The van der Waals surface area contributed by atoms with E-state index in [1.165, 1.54) is 36.4 Å². The maximum Gasteiger partial charge on any atom is 0.323 e. The third kappa shape index (κ3) is 7.60. The van der Waals surface area contributed by atoms with E-state index in [-0.39, 0.29) is 29.6 Å². The van der Waals surface area contributed by atoms with Gasteiger partial charge in [0.05, 0.1) is 11.4 Å². The first-order valence-electron chi connectivity index (χ1n) is 9.05. The first kappa shape index (κ1) is 23.6. The molecule has 0 aliphatic heterocycles. The molecule has 11 nitrogen and oxygen atoms in total. The molecule has 1 amide bonds. The number of nitrogens with two attached hydrogens (primary N) is 2. The normalized spacial score (nSPS) is 11.9. The number of nitrogens with zero attached hydrogens (tertiary/aromatic N) is 1. The predicted molar refractivity (Wildman–Crippen MR) is 113 cm³/mol.